The molecular weight excluding hydrogens is 238 g/mol. The molecule has 86 valence electrons. The van der Waals surface area contributed by atoms with Crippen LogP contribution >= 0.6 is 11.6 Å². The van der Waals surface area contributed by atoms with Crippen molar-refractivity contribution in [1.82, 2.24) is 4.98 Å². The van der Waals surface area contributed by atoms with E-state index in [0.717, 1.165) is 0 Å². The molecule has 1 aromatic rings. The van der Waals surface area contributed by atoms with Crippen molar-refractivity contribution in [3.8, 4) is 11.9 Å². The Balaban J connectivity index is 3.38. The smallest absolute Gasteiger partial charge is 0.269 e. The third-order valence-corrected chi connectivity index (χ3v) is 2.36. The molecule has 0 spiro atoms. The van der Waals surface area contributed by atoms with Gasteiger partial charge >= 0.3 is 0 Å². The van der Waals surface area contributed by atoms with Gasteiger partial charge in [0.1, 0.15) is 0 Å². The Bertz CT molecular complexity index is 418. The molecule has 16 heavy (non-hydrogen) atoms. The SMILES string of the molecule is COc1ncc(CC#N)c(CCl)c1C(F)F. The molecule has 0 aliphatic rings. The van der Waals surface area contributed by atoms with Crippen LogP contribution in [0.2, 0.25) is 0 Å². The number of pyridine rings is 1. The van der Waals surface area contributed by atoms with E-state index in [9.17, 15) is 8.78 Å². The number of ether oxygens (including phenoxy) is 1. The Morgan fingerprint density at radius 3 is 2.75 bits per heavy atom. The van der Waals surface area contributed by atoms with Crippen LogP contribution in [0.15, 0.2) is 6.20 Å². The highest BCUT2D eigenvalue weighted by atomic mass is 35.5. The number of aromatic nitrogens is 1. The van der Waals surface area contributed by atoms with E-state index in [1.54, 1.807) is 0 Å². The molecule has 1 aromatic heterocycles. The van der Waals surface area contributed by atoms with Gasteiger partial charge in [-0.2, -0.15) is 5.26 Å². The Labute approximate surface area is 96.6 Å². The zero-order valence-electron chi connectivity index (χ0n) is 8.51. The first-order valence-corrected chi connectivity index (χ1v) is 4.94. The number of halogens is 3. The van der Waals surface area contributed by atoms with Crippen molar-refractivity contribution in [3.63, 3.8) is 0 Å². The van der Waals surface area contributed by atoms with Crippen molar-refractivity contribution in [3.05, 3.63) is 22.9 Å². The summed E-state index contributed by atoms with van der Waals surface area (Å²) in [7, 11) is 1.26. The lowest BCUT2D eigenvalue weighted by atomic mass is 10.0. The summed E-state index contributed by atoms with van der Waals surface area (Å²) in [6.07, 6.45) is -1.39. The zero-order chi connectivity index (χ0) is 12.1. The largest absolute Gasteiger partial charge is 0.481 e. The van der Waals surface area contributed by atoms with Crippen LogP contribution in [0, 0.1) is 11.3 Å². The second-order valence-electron chi connectivity index (χ2n) is 2.95. The summed E-state index contributed by atoms with van der Waals surface area (Å²) in [6.45, 7) is 0. The summed E-state index contributed by atoms with van der Waals surface area (Å²) < 4.78 is 30.4. The molecule has 0 aromatic carbocycles. The van der Waals surface area contributed by atoms with Gasteiger partial charge in [0.2, 0.25) is 5.88 Å². The summed E-state index contributed by atoms with van der Waals surface area (Å²) in [6, 6.07) is 1.88. The molecule has 0 N–H and O–H groups in total. The van der Waals surface area contributed by atoms with Gasteiger partial charge in [0, 0.05) is 12.1 Å². The van der Waals surface area contributed by atoms with Crippen LogP contribution in [0.25, 0.3) is 0 Å². The number of nitrogens with zero attached hydrogens (tertiary/aromatic N) is 2. The maximum absolute atomic E-state index is 12.8. The number of methoxy groups -OCH3 is 1. The average Bonchev–Trinajstić information content (AvgIpc) is 2.28. The second-order valence-corrected chi connectivity index (χ2v) is 3.22. The van der Waals surface area contributed by atoms with E-state index in [1.165, 1.54) is 13.3 Å². The van der Waals surface area contributed by atoms with Crippen LogP contribution in [0.3, 0.4) is 0 Å². The molecule has 0 atom stereocenters. The standard InChI is InChI=1S/C10H9ClF2N2O/c1-16-10-8(9(12)13)7(4-11)6(2-3-14)5-15-10/h5,9H,2,4H2,1H3. The summed E-state index contributed by atoms with van der Waals surface area (Å²) in [5.41, 5.74) is 0.309. The lowest BCUT2D eigenvalue weighted by molar-refractivity contribution is 0.145. The molecule has 0 aliphatic heterocycles. The van der Waals surface area contributed by atoms with Gasteiger partial charge in [-0.25, -0.2) is 13.8 Å². The normalized spacial score (nSPS) is 10.2. The molecule has 0 radical (unpaired) electrons. The van der Waals surface area contributed by atoms with Crippen LogP contribution in [0.1, 0.15) is 23.1 Å². The summed E-state index contributed by atoms with van der Waals surface area (Å²) in [4.78, 5) is 3.73. The van der Waals surface area contributed by atoms with Gasteiger partial charge in [0.05, 0.1) is 25.2 Å². The molecule has 3 nitrogen and oxygen atoms in total. The minimum absolute atomic E-state index is 0.00122. The Hall–Kier alpha value is -1.41. The maximum Gasteiger partial charge on any atom is 0.269 e. The molecule has 0 bridgehead atoms. The second kappa shape index (κ2) is 5.61. The molecular formula is C10H9ClF2N2O. The van der Waals surface area contributed by atoms with Gasteiger partial charge in [0.25, 0.3) is 6.43 Å². The fraction of sp³-hybridized carbons (Fsp3) is 0.400. The predicted molar refractivity (Wildman–Crippen MR) is 54.6 cm³/mol. The first-order chi connectivity index (χ1) is 7.65. The summed E-state index contributed by atoms with van der Waals surface area (Å²) in [5, 5.41) is 8.56. The van der Waals surface area contributed by atoms with E-state index in [1.807, 2.05) is 6.07 Å². The Morgan fingerprint density at radius 2 is 2.31 bits per heavy atom. The molecule has 0 saturated carbocycles. The van der Waals surface area contributed by atoms with Crippen molar-refractivity contribution in [2.45, 2.75) is 18.7 Å². The Kier molecular flexibility index (Phi) is 4.44. The Morgan fingerprint density at radius 1 is 1.62 bits per heavy atom. The number of rotatable bonds is 4. The van der Waals surface area contributed by atoms with Crippen LogP contribution in [-0.4, -0.2) is 12.1 Å². The number of nitriles is 1. The third-order valence-electron chi connectivity index (χ3n) is 2.10. The van der Waals surface area contributed by atoms with Gasteiger partial charge in [-0.3, -0.25) is 0 Å². The van der Waals surface area contributed by atoms with Crippen LogP contribution in [0.5, 0.6) is 5.88 Å². The van der Waals surface area contributed by atoms with Gasteiger partial charge in [0.15, 0.2) is 0 Å². The summed E-state index contributed by atoms with van der Waals surface area (Å²) in [5.74, 6) is -0.248. The third kappa shape index (κ3) is 2.39. The summed E-state index contributed by atoms with van der Waals surface area (Å²) >= 11 is 5.62. The average molecular weight is 247 g/mol. The molecule has 0 unspecified atom stereocenters. The number of hydrogen-bond donors (Lipinski definition) is 0. The van der Waals surface area contributed by atoms with Gasteiger partial charge in [-0.05, 0) is 11.1 Å². The van der Waals surface area contributed by atoms with Crippen molar-refractivity contribution in [2.24, 2.45) is 0 Å². The zero-order valence-corrected chi connectivity index (χ0v) is 9.26. The first kappa shape index (κ1) is 12.7. The minimum Gasteiger partial charge on any atom is -0.481 e. The van der Waals surface area contributed by atoms with E-state index in [2.05, 4.69) is 4.98 Å². The van der Waals surface area contributed by atoms with Crippen molar-refractivity contribution < 1.29 is 13.5 Å². The quantitative estimate of drug-likeness (QED) is 0.768. The van der Waals surface area contributed by atoms with E-state index in [0.29, 0.717) is 5.56 Å². The first-order valence-electron chi connectivity index (χ1n) is 4.41. The minimum atomic E-state index is -2.73. The van der Waals surface area contributed by atoms with Crippen LogP contribution in [0.4, 0.5) is 8.78 Å². The fourth-order valence-electron chi connectivity index (χ4n) is 1.37. The van der Waals surface area contributed by atoms with E-state index < -0.39 is 6.43 Å². The van der Waals surface area contributed by atoms with Gasteiger partial charge < -0.3 is 4.74 Å². The lowest BCUT2D eigenvalue weighted by Crippen LogP contribution is -2.04. The highest BCUT2D eigenvalue weighted by Crippen LogP contribution is 2.33. The monoisotopic (exact) mass is 246 g/mol. The van der Waals surface area contributed by atoms with Gasteiger partial charge in [-0.1, -0.05) is 0 Å². The molecule has 0 fully saturated rings. The van der Waals surface area contributed by atoms with E-state index in [4.69, 9.17) is 21.6 Å². The topological polar surface area (TPSA) is 45.9 Å². The fourth-order valence-corrected chi connectivity index (χ4v) is 1.68. The van der Waals surface area contributed by atoms with Crippen molar-refractivity contribution >= 4 is 11.6 Å². The molecule has 1 rings (SSSR count). The number of alkyl halides is 3. The lowest BCUT2D eigenvalue weighted by Gasteiger charge is -2.13. The molecule has 0 saturated heterocycles. The predicted octanol–water partition coefficient (Wildman–Crippen LogP) is 2.83. The maximum atomic E-state index is 12.8. The molecule has 6 heteroatoms. The molecule has 0 amide bonds. The van der Waals surface area contributed by atoms with Gasteiger partial charge in [-0.15, -0.1) is 11.6 Å². The highest BCUT2D eigenvalue weighted by Gasteiger charge is 2.22. The van der Waals surface area contributed by atoms with Crippen LogP contribution in [-0.2, 0) is 12.3 Å². The molecule has 1 heterocycles. The van der Waals surface area contributed by atoms with E-state index >= 15 is 0 Å². The molecule has 0 aliphatic carbocycles. The highest BCUT2D eigenvalue weighted by molar-refractivity contribution is 6.17. The van der Waals surface area contributed by atoms with Crippen LogP contribution < -0.4 is 4.74 Å². The van der Waals surface area contributed by atoms with Crippen molar-refractivity contribution in [1.29, 1.82) is 5.26 Å². The number of hydrogen-bond acceptors (Lipinski definition) is 3. The van der Waals surface area contributed by atoms with E-state index in [-0.39, 0.29) is 29.3 Å². The van der Waals surface area contributed by atoms with Crippen molar-refractivity contribution in [2.75, 3.05) is 7.11 Å².